The number of carbonyl (C=O) groups is 1. The number of rotatable bonds is 4. The largest absolute Gasteiger partial charge is 0.351 e. The molecule has 1 N–H and O–H groups in total. The third-order valence-electron chi connectivity index (χ3n) is 3.77. The van der Waals surface area contributed by atoms with E-state index < -0.39 is 0 Å². The highest BCUT2D eigenvalue weighted by molar-refractivity contribution is 5.83. The Morgan fingerprint density at radius 1 is 1.39 bits per heavy atom. The molecule has 2 rings (SSSR count). The van der Waals surface area contributed by atoms with Gasteiger partial charge in [0.15, 0.2) is 0 Å². The summed E-state index contributed by atoms with van der Waals surface area (Å²) in [5.74, 6) is 0.211. The SMILES string of the molecule is CCC(C)(C)NC(=O)C1CC1c1ccc(F)cc1. The molecule has 2 unspecified atom stereocenters. The molecule has 0 aliphatic heterocycles. The quantitative estimate of drug-likeness (QED) is 0.872. The Bertz CT molecular complexity index is 438. The van der Waals surface area contributed by atoms with E-state index in [1.54, 1.807) is 12.1 Å². The molecule has 1 saturated carbocycles. The lowest BCUT2D eigenvalue weighted by Crippen LogP contribution is -2.43. The standard InChI is InChI=1S/C15H20FNO/c1-4-15(2,3)17-14(18)13-9-12(13)10-5-7-11(16)8-6-10/h5-8,12-13H,4,9H2,1-3H3,(H,17,18). The van der Waals surface area contributed by atoms with Gasteiger partial charge in [0.25, 0.3) is 0 Å². The number of hydrogen-bond acceptors (Lipinski definition) is 1. The molecule has 1 amide bonds. The van der Waals surface area contributed by atoms with Crippen molar-refractivity contribution >= 4 is 5.91 Å². The van der Waals surface area contributed by atoms with Crippen molar-refractivity contribution in [3.63, 3.8) is 0 Å². The van der Waals surface area contributed by atoms with Gasteiger partial charge >= 0.3 is 0 Å². The van der Waals surface area contributed by atoms with Crippen molar-refractivity contribution in [3.05, 3.63) is 35.6 Å². The van der Waals surface area contributed by atoms with E-state index in [0.29, 0.717) is 0 Å². The Hall–Kier alpha value is -1.38. The molecule has 1 aromatic carbocycles. The van der Waals surface area contributed by atoms with Crippen molar-refractivity contribution in [2.45, 2.75) is 45.1 Å². The Kier molecular flexibility index (Phi) is 3.42. The maximum absolute atomic E-state index is 12.8. The molecule has 18 heavy (non-hydrogen) atoms. The van der Waals surface area contributed by atoms with E-state index in [1.807, 2.05) is 13.8 Å². The molecule has 1 aliphatic rings. The zero-order chi connectivity index (χ0) is 13.3. The highest BCUT2D eigenvalue weighted by Crippen LogP contribution is 2.47. The average molecular weight is 249 g/mol. The van der Waals surface area contributed by atoms with Crippen LogP contribution in [0.25, 0.3) is 0 Å². The number of halogens is 1. The molecule has 0 heterocycles. The summed E-state index contributed by atoms with van der Waals surface area (Å²) in [5, 5.41) is 3.07. The first-order valence-corrected chi connectivity index (χ1v) is 6.50. The van der Waals surface area contributed by atoms with Crippen molar-refractivity contribution in [1.29, 1.82) is 0 Å². The maximum atomic E-state index is 12.8. The Morgan fingerprint density at radius 3 is 2.56 bits per heavy atom. The van der Waals surface area contributed by atoms with Gasteiger partial charge in [0.2, 0.25) is 5.91 Å². The summed E-state index contributed by atoms with van der Waals surface area (Å²) in [5.41, 5.74) is 0.915. The van der Waals surface area contributed by atoms with Gasteiger partial charge in [-0.2, -0.15) is 0 Å². The Balaban J connectivity index is 1.95. The summed E-state index contributed by atoms with van der Waals surface area (Å²) >= 11 is 0. The van der Waals surface area contributed by atoms with Crippen molar-refractivity contribution < 1.29 is 9.18 Å². The fraction of sp³-hybridized carbons (Fsp3) is 0.533. The molecule has 0 bridgehead atoms. The van der Waals surface area contributed by atoms with Crippen LogP contribution in [-0.2, 0) is 4.79 Å². The highest BCUT2D eigenvalue weighted by Gasteiger charge is 2.44. The topological polar surface area (TPSA) is 29.1 Å². The lowest BCUT2D eigenvalue weighted by molar-refractivity contribution is -0.124. The molecule has 0 spiro atoms. The van der Waals surface area contributed by atoms with Gasteiger partial charge in [-0.1, -0.05) is 19.1 Å². The first-order chi connectivity index (χ1) is 8.43. The zero-order valence-corrected chi connectivity index (χ0v) is 11.2. The van der Waals surface area contributed by atoms with E-state index in [9.17, 15) is 9.18 Å². The van der Waals surface area contributed by atoms with E-state index in [1.165, 1.54) is 12.1 Å². The Morgan fingerprint density at radius 2 is 2.00 bits per heavy atom. The molecule has 0 aromatic heterocycles. The minimum absolute atomic E-state index is 0.0567. The summed E-state index contributed by atoms with van der Waals surface area (Å²) in [4.78, 5) is 12.0. The van der Waals surface area contributed by atoms with Gasteiger partial charge in [-0.3, -0.25) is 4.79 Å². The molecular weight excluding hydrogens is 229 g/mol. The van der Waals surface area contributed by atoms with E-state index >= 15 is 0 Å². The lowest BCUT2D eigenvalue weighted by Gasteiger charge is -2.24. The highest BCUT2D eigenvalue weighted by atomic mass is 19.1. The van der Waals surface area contributed by atoms with Gasteiger partial charge in [0.05, 0.1) is 0 Å². The van der Waals surface area contributed by atoms with Crippen molar-refractivity contribution in [3.8, 4) is 0 Å². The van der Waals surface area contributed by atoms with Gasteiger partial charge in [-0.05, 0) is 50.3 Å². The molecular formula is C15H20FNO. The minimum Gasteiger partial charge on any atom is -0.351 e. The molecule has 98 valence electrons. The summed E-state index contributed by atoms with van der Waals surface area (Å²) < 4.78 is 12.8. The van der Waals surface area contributed by atoms with Crippen LogP contribution in [0, 0.1) is 11.7 Å². The zero-order valence-electron chi connectivity index (χ0n) is 11.2. The summed E-state index contributed by atoms with van der Waals surface area (Å²) in [6.07, 6.45) is 1.78. The fourth-order valence-corrected chi connectivity index (χ4v) is 2.08. The van der Waals surface area contributed by atoms with Crippen LogP contribution in [0.2, 0.25) is 0 Å². The molecule has 1 aliphatic carbocycles. The number of benzene rings is 1. The van der Waals surface area contributed by atoms with Crippen LogP contribution in [0.4, 0.5) is 4.39 Å². The molecule has 2 nitrogen and oxygen atoms in total. The normalized spacial score (nSPS) is 22.7. The Labute approximate surface area is 108 Å². The minimum atomic E-state index is -0.229. The van der Waals surface area contributed by atoms with Crippen LogP contribution < -0.4 is 5.32 Å². The van der Waals surface area contributed by atoms with Crippen LogP contribution in [0.1, 0.15) is 45.1 Å². The molecule has 1 fully saturated rings. The van der Waals surface area contributed by atoms with Crippen LogP contribution in [0.15, 0.2) is 24.3 Å². The van der Waals surface area contributed by atoms with Gasteiger partial charge in [0, 0.05) is 11.5 Å². The third kappa shape index (κ3) is 2.89. The second-order valence-corrected chi connectivity index (χ2v) is 5.73. The van der Waals surface area contributed by atoms with Gasteiger partial charge in [-0.15, -0.1) is 0 Å². The number of nitrogens with one attached hydrogen (secondary N) is 1. The van der Waals surface area contributed by atoms with Gasteiger partial charge in [0.1, 0.15) is 5.82 Å². The average Bonchev–Trinajstić information content (AvgIpc) is 3.09. The molecule has 3 heteroatoms. The van der Waals surface area contributed by atoms with Crippen LogP contribution in [-0.4, -0.2) is 11.4 Å². The monoisotopic (exact) mass is 249 g/mol. The van der Waals surface area contributed by atoms with Crippen molar-refractivity contribution in [1.82, 2.24) is 5.32 Å². The first-order valence-electron chi connectivity index (χ1n) is 6.50. The maximum Gasteiger partial charge on any atom is 0.224 e. The molecule has 2 atom stereocenters. The van der Waals surface area contributed by atoms with E-state index in [2.05, 4.69) is 12.2 Å². The molecule has 0 radical (unpaired) electrons. The number of hydrogen-bond donors (Lipinski definition) is 1. The van der Waals surface area contributed by atoms with E-state index in [0.717, 1.165) is 18.4 Å². The lowest BCUT2D eigenvalue weighted by atomic mass is 10.0. The van der Waals surface area contributed by atoms with Gasteiger partial charge in [-0.25, -0.2) is 4.39 Å². The first kappa shape index (κ1) is 13.1. The van der Waals surface area contributed by atoms with Crippen molar-refractivity contribution in [2.75, 3.05) is 0 Å². The summed E-state index contributed by atoms with van der Waals surface area (Å²) in [7, 11) is 0. The summed E-state index contributed by atoms with van der Waals surface area (Å²) in [6.45, 7) is 6.12. The van der Waals surface area contributed by atoms with E-state index in [-0.39, 0.29) is 29.1 Å². The van der Waals surface area contributed by atoms with Gasteiger partial charge < -0.3 is 5.32 Å². The van der Waals surface area contributed by atoms with E-state index in [4.69, 9.17) is 0 Å². The second kappa shape index (κ2) is 4.71. The van der Waals surface area contributed by atoms with Crippen LogP contribution in [0.3, 0.4) is 0 Å². The summed E-state index contributed by atoms with van der Waals surface area (Å²) in [6, 6.07) is 6.47. The third-order valence-corrected chi connectivity index (χ3v) is 3.77. The van der Waals surface area contributed by atoms with Crippen LogP contribution >= 0.6 is 0 Å². The number of amides is 1. The number of carbonyl (C=O) groups excluding carboxylic acids is 1. The molecule has 1 aromatic rings. The molecule has 0 saturated heterocycles. The smallest absolute Gasteiger partial charge is 0.224 e. The second-order valence-electron chi connectivity index (χ2n) is 5.73. The fourth-order valence-electron chi connectivity index (χ4n) is 2.08. The van der Waals surface area contributed by atoms with Crippen molar-refractivity contribution in [2.24, 2.45) is 5.92 Å². The predicted molar refractivity (Wildman–Crippen MR) is 69.8 cm³/mol. The predicted octanol–water partition coefficient (Wildman–Crippen LogP) is 3.23. The van der Waals surface area contributed by atoms with Crippen LogP contribution in [0.5, 0.6) is 0 Å².